The van der Waals surface area contributed by atoms with Gasteiger partial charge in [0, 0.05) is 31.7 Å². The number of nitrogens with zero attached hydrogens (tertiary/aromatic N) is 1. The molecule has 1 heterocycles. The molecule has 0 bridgehead atoms. The average Bonchev–Trinajstić information content (AvgIpc) is 2.56. The Kier molecular flexibility index (Phi) is 7.38. The Morgan fingerprint density at radius 1 is 1.30 bits per heavy atom. The van der Waals surface area contributed by atoms with Gasteiger partial charge in [-0.1, -0.05) is 0 Å². The Bertz CT molecular complexity index is 629. The number of benzene rings is 1. The SMILES string of the molecule is CC(C)(C)OC(=O)NC1CCN(CC(O)COc2ccc(F)c(F)c2)CC1. The number of halogens is 2. The van der Waals surface area contributed by atoms with E-state index in [1.807, 2.05) is 20.8 Å². The van der Waals surface area contributed by atoms with E-state index in [1.165, 1.54) is 6.07 Å². The van der Waals surface area contributed by atoms with E-state index in [2.05, 4.69) is 10.2 Å². The van der Waals surface area contributed by atoms with Gasteiger partial charge in [-0.05, 0) is 45.7 Å². The van der Waals surface area contributed by atoms with Crippen molar-refractivity contribution in [3.63, 3.8) is 0 Å². The van der Waals surface area contributed by atoms with Gasteiger partial charge in [-0.25, -0.2) is 13.6 Å². The van der Waals surface area contributed by atoms with Crippen LogP contribution in [0.25, 0.3) is 0 Å². The zero-order chi connectivity index (χ0) is 20.0. The van der Waals surface area contributed by atoms with Gasteiger partial charge in [0.25, 0.3) is 0 Å². The van der Waals surface area contributed by atoms with Gasteiger partial charge >= 0.3 is 6.09 Å². The molecule has 0 aliphatic carbocycles. The van der Waals surface area contributed by atoms with Crippen LogP contribution >= 0.6 is 0 Å². The molecule has 0 spiro atoms. The van der Waals surface area contributed by atoms with E-state index in [9.17, 15) is 18.7 Å². The molecule has 2 N–H and O–H groups in total. The summed E-state index contributed by atoms with van der Waals surface area (Å²) in [6.45, 7) is 7.30. The molecule has 1 saturated heterocycles. The van der Waals surface area contributed by atoms with Crippen molar-refractivity contribution in [2.45, 2.75) is 51.4 Å². The summed E-state index contributed by atoms with van der Waals surface area (Å²) in [7, 11) is 0. The summed E-state index contributed by atoms with van der Waals surface area (Å²) in [5.74, 6) is -1.75. The van der Waals surface area contributed by atoms with Gasteiger partial charge in [-0.15, -0.1) is 0 Å². The third-order valence-electron chi connectivity index (χ3n) is 4.11. The number of carbonyl (C=O) groups excluding carboxylic acids is 1. The number of alkyl carbamates (subject to hydrolysis) is 1. The van der Waals surface area contributed by atoms with E-state index >= 15 is 0 Å². The number of likely N-dealkylation sites (tertiary alicyclic amines) is 1. The van der Waals surface area contributed by atoms with Crippen LogP contribution < -0.4 is 10.1 Å². The van der Waals surface area contributed by atoms with E-state index in [0.717, 1.165) is 38.1 Å². The van der Waals surface area contributed by atoms with Crippen LogP contribution in [0.4, 0.5) is 13.6 Å². The highest BCUT2D eigenvalue weighted by molar-refractivity contribution is 5.68. The molecule has 152 valence electrons. The number of nitrogens with one attached hydrogen (secondary N) is 1. The molecule has 0 saturated carbocycles. The largest absolute Gasteiger partial charge is 0.491 e. The Balaban J connectivity index is 1.67. The lowest BCUT2D eigenvalue weighted by molar-refractivity contribution is 0.0421. The number of ether oxygens (including phenoxy) is 2. The molecule has 0 aromatic heterocycles. The van der Waals surface area contributed by atoms with E-state index < -0.39 is 29.4 Å². The lowest BCUT2D eigenvalue weighted by Crippen LogP contribution is -2.48. The predicted molar refractivity (Wildman–Crippen MR) is 96.7 cm³/mol. The molecule has 1 aromatic rings. The molecule has 1 aliphatic heterocycles. The summed E-state index contributed by atoms with van der Waals surface area (Å²) in [6, 6.07) is 3.31. The number of carbonyl (C=O) groups is 1. The van der Waals surface area contributed by atoms with Crippen LogP contribution in [0.1, 0.15) is 33.6 Å². The fourth-order valence-corrected chi connectivity index (χ4v) is 2.84. The molecular weight excluding hydrogens is 358 g/mol. The average molecular weight is 386 g/mol. The maximum atomic E-state index is 13.1. The standard InChI is InChI=1S/C19H28F2N2O4/c1-19(2,3)27-18(25)22-13-6-8-23(9-7-13)11-14(24)12-26-15-4-5-16(20)17(21)10-15/h4-5,10,13-14,24H,6-9,11-12H2,1-3H3,(H,22,25). The van der Waals surface area contributed by atoms with Crippen LogP contribution in [0.3, 0.4) is 0 Å². The van der Waals surface area contributed by atoms with E-state index in [1.54, 1.807) is 0 Å². The number of rotatable bonds is 6. The van der Waals surface area contributed by atoms with Crippen LogP contribution in [0.5, 0.6) is 5.75 Å². The molecule has 1 aliphatic rings. The topological polar surface area (TPSA) is 71.0 Å². The number of aliphatic hydroxyl groups excluding tert-OH is 1. The molecule has 0 radical (unpaired) electrons. The van der Waals surface area contributed by atoms with E-state index in [-0.39, 0.29) is 18.4 Å². The van der Waals surface area contributed by atoms with Gasteiger partial charge < -0.3 is 24.8 Å². The van der Waals surface area contributed by atoms with Crippen LogP contribution in [0, 0.1) is 11.6 Å². The second-order valence-electron chi connectivity index (χ2n) is 7.76. The second-order valence-corrected chi connectivity index (χ2v) is 7.76. The highest BCUT2D eigenvalue weighted by atomic mass is 19.2. The Hall–Kier alpha value is -1.93. The van der Waals surface area contributed by atoms with Crippen LogP contribution in [0.15, 0.2) is 18.2 Å². The Morgan fingerprint density at radius 2 is 1.96 bits per heavy atom. The first kappa shape index (κ1) is 21.4. The van der Waals surface area contributed by atoms with Crippen LogP contribution in [0.2, 0.25) is 0 Å². The second kappa shape index (κ2) is 9.32. The number of hydrogen-bond donors (Lipinski definition) is 2. The summed E-state index contributed by atoms with van der Waals surface area (Å²) in [5.41, 5.74) is -0.525. The van der Waals surface area contributed by atoms with Crippen molar-refractivity contribution in [1.82, 2.24) is 10.2 Å². The lowest BCUT2D eigenvalue weighted by Gasteiger charge is -2.33. The first-order chi connectivity index (χ1) is 12.6. The minimum absolute atomic E-state index is 0.0127. The van der Waals surface area contributed by atoms with Gasteiger partial charge in [0.1, 0.15) is 24.1 Å². The zero-order valence-corrected chi connectivity index (χ0v) is 16.0. The van der Waals surface area contributed by atoms with Gasteiger partial charge in [-0.2, -0.15) is 0 Å². The van der Waals surface area contributed by atoms with Crippen molar-refractivity contribution < 1.29 is 28.2 Å². The first-order valence-corrected chi connectivity index (χ1v) is 9.10. The maximum Gasteiger partial charge on any atom is 0.407 e. The lowest BCUT2D eigenvalue weighted by atomic mass is 10.0. The highest BCUT2D eigenvalue weighted by Gasteiger charge is 2.24. The summed E-state index contributed by atoms with van der Waals surface area (Å²) in [5, 5.41) is 13.0. The summed E-state index contributed by atoms with van der Waals surface area (Å²) < 4.78 is 36.6. The summed E-state index contributed by atoms with van der Waals surface area (Å²) in [6.07, 6.45) is 0.348. The van der Waals surface area contributed by atoms with Crippen molar-refractivity contribution in [3.8, 4) is 5.75 Å². The van der Waals surface area contributed by atoms with Gasteiger partial charge in [-0.3, -0.25) is 0 Å². The molecular formula is C19H28F2N2O4. The molecule has 1 fully saturated rings. The van der Waals surface area contributed by atoms with Crippen molar-refractivity contribution >= 4 is 6.09 Å². The number of aliphatic hydroxyl groups is 1. The number of β-amino-alcohol motifs (C(OH)–C–C–N with tert-alkyl or cyclic N) is 1. The van der Waals surface area contributed by atoms with Gasteiger partial charge in [0.05, 0.1) is 0 Å². The number of piperidine rings is 1. The van der Waals surface area contributed by atoms with E-state index in [4.69, 9.17) is 9.47 Å². The number of hydrogen-bond acceptors (Lipinski definition) is 5. The highest BCUT2D eigenvalue weighted by Crippen LogP contribution is 2.16. The molecule has 2 rings (SSSR count). The smallest absolute Gasteiger partial charge is 0.407 e. The van der Waals surface area contributed by atoms with E-state index in [0.29, 0.717) is 6.54 Å². The zero-order valence-electron chi connectivity index (χ0n) is 16.0. The summed E-state index contributed by atoms with van der Waals surface area (Å²) in [4.78, 5) is 13.9. The fraction of sp³-hybridized carbons (Fsp3) is 0.632. The normalized spacial score (nSPS) is 17.4. The molecule has 1 aromatic carbocycles. The molecule has 27 heavy (non-hydrogen) atoms. The van der Waals surface area contributed by atoms with Crippen LogP contribution in [-0.2, 0) is 4.74 Å². The summed E-state index contributed by atoms with van der Waals surface area (Å²) >= 11 is 0. The Labute approximate surface area is 158 Å². The molecule has 1 unspecified atom stereocenters. The number of amides is 1. The van der Waals surface area contributed by atoms with Crippen molar-refractivity contribution in [3.05, 3.63) is 29.8 Å². The third kappa shape index (κ3) is 7.68. The Morgan fingerprint density at radius 3 is 2.56 bits per heavy atom. The predicted octanol–water partition coefficient (Wildman–Crippen LogP) is 2.69. The molecule has 8 heteroatoms. The fourth-order valence-electron chi connectivity index (χ4n) is 2.84. The quantitative estimate of drug-likeness (QED) is 0.787. The third-order valence-corrected chi connectivity index (χ3v) is 4.11. The van der Waals surface area contributed by atoms with Crippen molar-refractivity contribution in [2.24, 2.45) is 0 Å². The first-order valence-electron chi connectivity index (χ1n) is 9.10. The minimum atomic E-state index is -0.985. The maximum absolute atomic E-state index is 13.1. The van der Waals surface area contributed by atoms with Crippen LogP contribution in [-0.4, -0.2) is 60.1 Å². The van der Waals surface area contributed by atoms with Crippen molar-refractivity contribution in [1.29, 1.82) is 0 Å². The molecule has 6 nitrogen and oxygen atoms in total. The van der Waals surface area contributed by atoms with Gasteiger partial charge in [0.2, 0.25) is 0 Å². The monoisotopic (exact) mass is 386 g/mol. The molecule has 1 amide bonds. The van der Waals surface area contributed by atoms with Gasteiger partial charge in [0.15, 0.2) is 11.6 Å². The van der Waals surface area contributed by atoms with Crippen molar-refractivity contribution in [2.75, 3.05) is 26.2 Å². The minimum Gasteiger partial charge on any atom is -0.491 e. The molecule has 1 atom stereocenters.